The second-order valence-electron chi connectivity index (χ2n) is 9.34. The lowest BCUT2D eigenvalue weighted by Gasteiger charge is -2.29. The van der Waals surface area contributed by atoms with Gasteiger partial charge in [0, 0.05) is 19.6 Å². The summed E-state index contributed by atoms with van der Waals surface area (Å²) in [5.41, 5.74) is 5.36. The van der Waals surface area contributed by atoms with Gasteiger partial charge in [-0.05, 0) is 48.9 Å². The SMILES string of the molecule is Cc1ccc(C2=C(N(C)Cc3ccccc3)C(=O)N(C3CCCCCCC3)C2=O)cc1C. The molecule has 0 bridgehead atoms. The summed E-state index contributed by atoms with van der Waals surface area (Å²) in [5, 5.41) is 0. The molecule has 0 unspecified atom stereocenters. The minimum atomic E-state index is -0.132. The van der Waals surface area contributed by atoms with Crippen molar-refractivity contribution in [1.29, 1.82) is 0 Å². The van der Waals surface area contributed by atoms with Crippen molar-refractivity contribution in [2.24, 2.45) is 0 Å². The molecule has 1 aliphatic heterocycles. The second-order valence-corrected chi connectivity index (χ2v) is 9.34. The normalized spacial score (nSPS) is 18.2. The predicted octanol–water partition coefficient (Wildman–Crippen LogP) is 5.63. The maximum Gasteiger partial charge on any atom is 0.278 e. The van der Waals surface area contributed by atoms with E-state index >= 15 is 0 Å². The molecule has 4 heteroatoms. The average Bonchev–Trinajstić information content (AvgIpc) is 3.01. The molecule has 1 fully saturated rings. The summed E-state index contributed by atoms with van der Waals surface area (Å²) >= 11 is 0. The highest BCUT2D eigenvalue weighted by molar-refractivity contribution is 6.35. The molecule has 1 saturated carbocycles. The van der Waals surface area contributed by atoms with Gasteiger partial charge in [0.25, 0.3) is 11.8 Å². The largest absolute Gasteiger partial charge is 0.365 e. The number of imide groups is 1. The average molecular weight is 431 g/mol. The van der Waals surface area contributed by atoms with Crippen molar-refractivity contribution in [3.8, 4) is 0 Å². The van der Waals surface area contributed by atoms with Gasteiger partial charge in [-0.3, -0.25) is 14.5 Å². The first-order valence-electron chi connectivity index (χ1n) is 11.9. The molecule has 2 aliphatic rings. The molecule has 2 amide bonds. The first kappa shape index (κ1) is 22.3. The molecule has 0 saturated heterocycles. The zero-order chi connectivity index (χ0) is 22.7. The molecule has 0 aromatic heterocycles. The van der Waals surface area contributed by atoms with E-state index in [9.17, 15) is 9.59 Å². The fourth-order valence-electron chi connectivity index (χ4n) is 5.01. The van der Waals surface area contributed by atoms with Crippen LogP contribution in [-0.4, -0.2) is 34.7 Å². The topological polar surface area (TPSA) is 40.6 Å². The summed E-state index contributed by atoms with van der Waals surface area (Å²) in [7, 11) is 1.93. The van der Waals surface area contributed by atoms with Crippen LogP contribution >= 0.6 is 0 Å². The zero-order valence-corrected chi connectivity index (χ0v) is 19.6. The number of benzene rings is 2. The van der Waals surface area contributed by atoms with Crippen LogP contribution in [0.4, 0.5) is 0 Å². The van der Waals surface area contributed by atoms with Crippen LogP contribution in [0.2, 0.25) is 0 Å². The fourth-order valence-corrected chi connectivity index (χ4v) is 5.01. The molecule has 0 spiro atoms. The van der Waals surface area contributed by atoms with Gasteiger partial charge in [-0.1, -0.05) is 80.6 Å². The maximum absolute atomic E-state index is 13.8. The van der Waals surface area contributed by atoms with Crippen molar-refractivity contribution in [2.75, 3.05) is 7.05 Å². The number of amides is 2. The fraction of sp³-hybridized carbons (Fsp3) is 0.429. The Morgan fingerprint density at radius 2 is 1.50 bits per heavy atom. The van der Waals surface area contributed by atoms with Gasteiger partial charge in [0.05, 0.1) is 5.57 Å². The molecule has 2 aromatic rings. The molecule has 0 N–H and O–H groups in total. The smallest absolute Gasteiger partial charge is 0.278 e. The van der Waals surface area contributed by atoms with E-state index in [1.54, 1.807) is 4.90 Å². The number of carbonyl (C=O) groups excluding carboxylic acids is 2. The van der Waals surface area contributed by atoms with E-state index in [-0.39, 0.29) is 17.9 Å². The molecular weight excluding hydrogens is 396 g/mol. The van der Waals surface area contributed by atoms with Gasteiger partial charge < -0.3 is 4.90 Å². The number of nitrogens with zero attached hydrogens (tertiary/aromatic N) is 2. The molecule has 0 atom stereocenters. The highest BCUT2D eigenvalue weighted by Gasteiger charge is 2.44. The third kappa shape index (κ3) is 4.50. The van der Waals surface area contributed by atoms with Crippen LogP contribution in [0, 0.1) is 13.8 Å². The predicted molar refractivity (Wildman–Crippen MR) is 129 cm³/mol. The molecule has 168 valence electrons. The first-order chi connectivity index (χ1) is 15.5. The van der Waals surface area contributed by atoms with Gasteiger partial charge in [0.2, 0.25) is 0 Å². The van der Waals surface area contributed by atoms with E-state index in [0.29, 0.717) is 17.8 Å². The van der Waals surface area contributed by atoms with Gasteiger partial charge in [-0.2, -0.15) is 0 Å². The Morgan fingerprint density at radius 1 is 0.844 bits per heavy atom. The van der Waals surface area contributed by atoms with Crippen molar-refractivity contribution in [2.45, 2.75) is 71.4 Å². The van der Waals surface area contributed by atoms with Gasteiger partial charge in [0.15, 0.2) is 0 Å². The molecule has 4 rings (SSSR count). The van der Waals surface area contributed by atoms with Gasteiger partial charge in [-0.25, -0.2) is 0 Å². The Hall–Kier alpha value is -2.88. The highest BCUT2D eigenvalue weighted by atomic mass is 16.2. The van der Waals surface area contributed by atoms with Crippen LogP contribution < -0.4 is 0 Å². The number of carbonyl (C=O) groups is 2. The Balaban J connectivity index is 1.73. The van der Waals surface area contributed by atoms with E-state index in [1.807, 2.05) is 48.3 Å². The number of rotatable bonds is 5. The molecule has 4 nitrogen and oxygen atoms in total. The van der Waals surface area contributed by atoms with E-state index in [4.69, 9.17) is 0 Å². The minimum absolute atomic E-state index is 0.000490. The molecule has 2 aromatic carbocycles. The minimum Gasteiger partial charge on any atom is -0.365 e. The standard InChI is InChI=1S/C28H34N2O2/c1-20-16-17-23(18-21(20)2)25-26(29(3)19-22-12-8-7-9-13-22)28(32)30(27(25)31)24-14-10-5-4-6-11-15-24/h7-9,12-13,16-18,24H,4-6,10-11,14-15,19H2,1-3H3. The molecule has 0 radical (unpaired) electrons. The third-order valence-electron chi connectivity index (χ3n) is 6.97. The number of hydrogen-bond acceptors (Lipinski definition) is 3. The Labute approximate surface area is 191 Å². The van der Waals surface area contributed by atoms with Crippen LogP contribution in [0.5, 0.6) is 0 Å². The summed E-state index contributed by atoms with van der Waals surface area (Å²) in [6.07, 6.45) is 7.61. The van der Waals surface area contributed by atoms with E-state index in [0.717, 1.165) is 42.4 Å². The summed E-state index contributed by atoms with van der Waals surface area (Å²) in [4.78, 5) is 31.1. The Morgan fingerprint density at radius 3 is 2.16 bits per heavy atom. The lowest BCUT2D eigenvalue weighted by Crippen LogP contribution is -2.42. The van der Waals surface area contributed by atoms with Crippen LogP contribution in [0.1, 0.15) is 67.2 Å². The van der Waals surface area contributed by atoms with Crippen LogP contribution in [-0.2, 0) is 16.1 Å². The second kappa shape index (κ2) is 9.72. The van der Waals surface area contributed by atoms with Crippen molar-refractivity contribution >= 4 is 17.4 Å². The first-order valence-corrected chi connectivity index (χ1v) is 11.9. The van der Waals surface area contributed by atoms with Gasteiger partial charge in [0.1, 0.15) is 5.70 Å². The number of likely N-dealkylation sites (N-methyl/N-ethyl adjacent to an activating group) is 1. The number of hydrogen-bond donors (Lipinski definition) is 0. The van der Waals surface area contributed by atoms with Crippen molar-refractivity contribution in [3.63, 3.8) is 0 Å². The zero-order valence-electron chi connectivity index (χ0n) is 19.6. The van der Waals surface area contributed by atoms with Crippen LogP contribution in [0.15, 0.2) is 54.2 Å². The van der Waals surface area contributed by atoms with E-state index in [2.05, 4.69) is 26.0 Å². The number of aryl methyl sites for hydroxylation is 2. The lowest BCUT2D eigenvalue weighted by molar-refractivity contribution is -0.140. The quantitative estimate of drug-likeness (QED) is 0.578. The van der Waals surface area contributed by atoms with E-state index < -0.39 is 0 Å². The molecule has 32 heavy (non-hydrogen) atoms. The summed E-state index contributed by atoms with van der Waals surface area (Å²) in [6, 6.07) is 16.2. The molecule has 1 aliphatic carbocycles. The lowest BCUT2D eigenvalue weighted by atomic mass is 9.95. The van der Waals surface area contributed by atoms with Crippen molar-refractivity contribution in [1.82, 2.24) is 9.80 Å². The van der Waals surface area contributed by atoms with Crippen LogP contribution in [0.3, 0.4) is 0 Å². The monoisotopic (exact) mass is 430 g/mol. The Kier molecular flexibility index (Phi) is 6.78. The third-order valence-corrected chi connectivity index (χ3v) is 6.97. The van der Waals surface area contributed by atoms with Crippen molar-refractivity contribution < 1.29 is 9.59 Å². The van der Waals surface area contributed by atoms with Crippen molar-refractivity contribution in [3.05, 3.63) is 76.5 Å². The maximum atomic E-state index is 13.8. The molecule has 1 heterocycles. The summed E-state index contributed by atoms with van der Waals surface area (Å²) in [5.74, 6) is -0.258. The van der Waals surface area contributed by atoms with E-state index in [1.165, 1.54) is 24.8 Å². The highest BCUT2D eigenvalue weighted by Crippen LogP contribution is 2.36. The van der Waals surface area contributed by atoms with Crippen LogP contribution in [0.25, 0.3) is 5.57 Å². The summed E-state index contributed by atoms with van der Waals surface area (Å²) < 4.78 is 0. The molecular formula is C28H34N2O2. The van der Waals surface area contributed by atoms with Gasteiger partial charge >= 0.3 is 0 Å². The Bertz CT molecular complexity index is 1020. The van der Waals surface area contributed by atoms with Gasteiger partial charge in [-0.15, -0.1) is 0 Å². The summed E-state index contributed by atoms with van der Waals surface area (Å²) in [6.45, 7) is 4.71.